The van der Waals surface area contributed by atoms with Crippen LogP contribution in [0.25, 0.3) is 10.8 Å². The molecule has 1 atom stereocenters. The number of rotatable bonds is 2. The van der Waals surface area contributed by atoms with E-state index in [1.807, 2.05) is 43.3 Å². The van der Waals surface area contributed by atoms with Crippen LogP contribution in [0.15, 0.2) is 48.6 Å². The lowest BCUT2D eigenvalue weighted by Crippen LogP contribution is -2.22. The van der Waals surface area contributed by atoms with Crippen molar-refractivity contribution >= 4 is 18.7 Å². The molecule has 0 saturated heterocycles. The molecule has 2 aromatic carbocycles. The van der Waals surface area contributed by atoms with E-state index < -0.39 is 7.94 Å². The third-order valence-corrected chi connectivity index (χ3v) is 5.16. The fourth-order valence-corrected chi connectivity index (χ4v) is 3.98. The highest BCUT2D eigenvalue weighted by Crippen LogP contribution is 2.54. The van der Waals surface area contributed by atoms with Gasteiger partial charge in [0.15, 0.2) is 5.75 Å². The molecule has 1 aliphatic heterocycles. The van der Waals surface area contributed by atoms with Crippen LogP contribution in [0.3, 0.4) is 0 Å². The quantitative estimate of drug-likeness (QED) is 0.627. The molecule has 104 valence electrons. The summed E-state index contributed by atoms with van der Waals surface area (Å²) in [5.74, 6) is 0.671. The minimum Gasteiger partial charge on any atom is -0.624 e. The molecule has 1 heterocycles. The van der Waals surface area contributed by atoms with Crippen LogP contribution in [0.4, 0.5) is 0 Å². The van der Waals surface area contributed by atoms with Gasteiger partial charge >= 0.3 is 0 Å². The zero-order valence-electron chi connectivity index (χ0n) is 11.4. The smallest absolute Gasteiger partial charge is 0.288 e. The van der Waals surface area contributed by atoms with Gasteiger partial charge in [0, 0.05) is 5.56 Å². The van der Waals surface area contributed by atoms with Gasteiger partial charge in [-0.2, -0.15) is 0 Å². The van der Waals surface area contributed by atoms with Crippen molar-refractivity contribution in [1.82, 2.24) is 0 Å². The maximum Gasteiger partial charge on any atom is 0.288 e. The van der Waals surface area contributed by atoms with E-state index in [0.29, 0.717) is 18.5 Å². The van der Waals surface area contributed by atoms with E-state index in [0.717, 1.165) is 22.8 Å². The first-order valence-electron chi connectivity index (χ1n) is 6.81. The molecule has 0 amide bonds. The van der Waals surface area contributed by atoms with Gasteiger partial charge < -0.3 is 9.42 Å². The Labute approximate surface area is 119 Å². The molecule has 1 aliphatic rings. The average Bonchev–Trinajstić information content (AvgIpc) is 2.43. The van der Waals surface area contributed by atoms with Crippen molar-refractivity contribution in [3.63, 3.8) is 0 Å². The topological polar surface area (TPSA) is 41.5 Å². The summed E-state index contributed by atoms with van der Waals surface area (Å²) in [6.45, 7) is 2.21. The first-order chi connectivity index (χ1) is 9.72. The van der Waals surface area contributed by atoms with E-state index in [4.69, 9.17) is 9.05 Å². The molecule has 4 heteroatoms. The molecule has 0 aliphatic carbocycles. The maximum atomic E-state index is 12.6. The second kappa shape index (κ2) is 5.53. The van der Waals surface area contributed by atoms with E-state index in [9.17, 15) is 4.89 Å². The van der Waals surface area contributed by atoms with Crippen molar-refractivity contribution in [2.24, 2.45) is 0 Å². The normalized spacial score (nSPS) is 23.5. The summed E-state index contributed by atoms with van der Waals surface area (Å²) in [6.07, 6.45) is 5.04. The maximum absolute atomic E-state index is 12.6. The van der Waals surface area contributed by atoms with Gasteiger partial charge in [0.1, 0.15) is 6.16 Å². The summed E-state index contributed by atoms with van der Waals surface area (Å²) in [7, 11) is -3.08. The van der Waals surface area contributed by atoms with Crippen molar-refractivity contribution in [1.29, 1.82) is 0 Å². The molecule has 0 bridgehead atoms. The third kappa shape index (κ3) is 2.57. The molecule has 1 unspecified atom stereocenters. The number of fused-ring (bicyclic) bond motifs is 3. The fourth-order valence-electron chi connectivity index (χ4n) is 2.48. The van der Waals surface area contributed by atoms with Crippen LogP contribution in [0, 0.1) is 0 Å². The van der Waals surface area contributed by atoms with Gasteiger partial charge in [0.2, 0.25) is 0 Å². The Morgan fingerprint density at radius 2 is 2.05 bits per heavy atom. The van der Waals surface area contributed by atoms with Crippen molar-refractivity contribution in [2.75, 3.05) is 12.8 Å². The zero-order valence-corrected chi connectivity index (χ0v) is 12.3. The van der Waals surface area contributed by atoms with Crippen LogP contribution in [-0.4, -0.2) is 12.8 Å². The lowest BCUT2D eigenvalue weighted by atomic mass is 10.0. The van der Waals surface area contributed by atoms with Crippen LogP contribution in [0.2, 0.25) is 0 Å². The summed E-state index contributed by atoms with van der Waals surface area (Å²) in [4.78, 5) is 12.6. The van der Waals surface area contributed by atoms with Crippen molar-refractivity contribution in [3.05, 3.63) is 54.1 Å². The predicted molar refractivity (Wildman–Crippen MR) is 80.8 cm³/mol. The molecule has 0 fully saturated rings. The van der Waals surface area contributed by atoms with Crippen LogP contribution in [-0.2, 0) is 10.9 Å². The highest BCUT2D eigenvalue weighted by molar-refractivity contribution is 7.59. The summed E-state index contributed by atoms with van der Waals surface area (Å²) in [6, 6.07) is 12.0. The predicted octanol–water partition coefficient (Wildman–Crippen LogP) is 3.49. The van der Waals surface area contributed by atoms with Crippen molar-refractivity contribution < 1.29 is 13.9 Å². The zero-order chi connectivity index (χ0) is 14.0. The lowest BCUT2D eigenvalue weighted by Gasteiger charge is -2.28. The largest absolute Gasteiger partial charge is 0.624 e. The SMILES string of the molecule is CCO[P+]1([O-])C/C=C\Cc2c(ccc3ccccc23)O1. The van der Waals surface area contributed by atoms with Gasteiger partial charge in [-0.25, -0.2) is 4.52 Å². The molecule has 0 aromatic heterocycles. The summed E-state index contributed by atoms with van der Waals surface area (Å²) in [5.41, 5.74) is 1.07. The van der Waals surface area contributed by atoms with E-state index >= 15 is 0 Å². The number of hydrogen-bond acceptors (Lipinski definition) is 3. The first-order valence-corrected chi connectivity index (χ1v) is 8.53. The Morgan fingerprint density at radius 1 is 1.20 bits per heavy atom. The summed E-state index contributed by atoms with van der Waals surface area (Å²) < 4.78 is 11.1. The van der Waals surface area contributed by atoms with Gasteiger partial charge in [-0.1, -0.05) is 36.4 Å². The van der Waals surface area contributed by atoms with E-state index in [-0.39, 0.29) is 0 Å². The second-order valence-electron chi connectivity index (χ2n) is 4.74. The highest BCUT2D eigenvalue weighted by Gasteiger charge is 2.32. The minimum atomic E-state index is -3.08. The Hall–Kier alpha value is -1.41. The number of hydrogen-bond donors (Lipinski definition) is 0. The molecule has 3 nitrogen and oxygen atoms in total. The Morgan fingerprint density at radius 3 is 2.90 bits per heavy atom. The van der Waals surface area contributed by atoms with Crippen molar-refractivity contribution in [2.45, 2.75) is 13.3 Å². The van der Waals surface area contributed by atoms with Gasteiger partial charge in [-0.15, -0.1) is 0 Å². The molecule has 0 spiro atoms. The fraction of sp³-hybridized carbons (Fsp3) is 0.250. The van der Waals surface area contributed by atoms with Gasteiger partial charge in [-0.05, 0) is 36.3 Å². The number of allylic oxidation sites excluding steroid dienone is 2. The van der Waals surface area contributed by atoms with Gasteiger partial charge in [0.25, 0.3) is 7.94 Å². The molecular formula is C16H17O3P. The lowest BCUT2D eigenvalue weighted by molar-refractivity contribution is -0.209. The monoisotopic (exact) mass is 288 g/mol. The number of benzene rings is 2. The summed E-state index contributed by atoms with van der Waals surface area (Å²) in [5, 5.41) is 2.30. The molecule has 3 rings (SSSR count). The molecule has 20 heavy (non-hydrogen) atoms. The van der Waals surface area contributed by atoms with Crippen LogP contribution in [0.1, 0.15) is 12.5 Å². The first kappa shape index (κ1) is 13.6. The standard InChI is InChI=1S/C16H17O3P/c1-2-18-20(17)12-6-5-9-15-14-8-4-3-7-13(14)10-11-16(15)19-20/h3-8,10-11H,2,9,12H2,1H3/b6-5-. The molecule has 2 aromatic rings. The third-order valence-electron chi connectivity index (χ3n) is 3.38. The molecule has 0 radical (unpaired) electrons. The Bertz CT molecular complexity index is 653. The second-order valence-corrected chi connectivity index (χ2v) is 6.77. The Balaban J connectivity index is 2.11. The van der Waals surface area contributed by atoms with Crippen molar-refractivity contribution in [3.8, 4) is 5.75 Å². The highest BCUT2D eigenvalue weighted by atomic mass is 31.2. The molecular weight excluding hydrogens is 271 g/mol. The van der Waals surface area contributed by atoms with Crippen LogP contribution in [0.5, 0.6) is 5.75 Å². The summed E-state index contributed by atoms with van der Waals surface area (Å²) >= 11 is 0. The minimum absolute atomic E-state index is 0.326. The molecule has 0 N–H and O–H groups in total. The molecule has 0 saturated carbocycles. The van der Waals surface area contributed by atoms with E-state index in [2.05, 4.69) is 12.1 Å². The van der Waals surface area contributed by atoms with Gasteiger partial charge in [0.05, 0.1) is 6.61 Å². The van der Waals surface area contributed by atoms with Gasteiger partial charge in [-0.3, -0.25) is 0 Å². The average molecular weight is 288 g/mol. The van der Waals surface area contributed by atoms with Crippen LogP contribution >= 0.6 is 7.94 Å². The van der Waals surface area contributed by atoms with E-state index in [1.54, 1.807) is 0 Å². The van der Waals surface area contributed by atoms with E-state index in [1.165, 1.54) is 0 Å². The Kier molecular flexibility index (Phi) is 3.75. The van der Waals surface area contributed by atoms with Crippen LogP contribution < -0.4 is 9.42 Å².